The summed E-state index contributed by atoms with van der Waals surface area (Å²) in [6.45, 7) is 5.93. The van der Waals surface area contributed by atoms with Crippen LogP contribution in [0.25, 0.3) is 11.1 Å². The molecular weight excluding hydrogens is 414 g/mol. The molecule has 0 radical (unpaired) electrons. The van der Waals surface area contributed by atoms with Gasteiger partial charge in [-0.2, -0.15) is 0 Å². The smallest absolute Gasteiger partial charge is 0.446 e. The molecule has 158 valence electrons. The van der Waals surface area contributed by atoms with Gasteiger partial charge in [0.25, 0.3) is 0 Å². The van der Waals surface area contributed by atoms with Crippen LogP contribution in [0.5, 0.6) is 11.5 Å². The summed E-state index contributed by atoms with van der Waals surface area (Å²) >= 11 is 6.26. The summed E-state index contributed by atoms with van der Waals surface area (Å²) < 4.78 is 41.0. The van der Waals surface area contributed by atoms with E-state index in [-0.39, 0.29) is 17.0 Å². The molecule has 3 aromatic rings. The second-order valence-corrected chi connectivity index (χ2v) is 7.40. The zero-order valence-electron chi connectivity index (χ0n) is 16.8. The lowest BCUT2D eigenvalue weighted by molar-refractivity contribution is -0.286. The molecule has 0 saturated heterocycles. The van der Waals surface area contributed by atoms with Crippen molar-refractivity contribution in [1.29, 1.82) is 0 Å². The number of halogens is 3. The highest BCUT2D eigenvalue weighted by atomic mass is 35.5. The first kappa shape index (κ1) is 20.5. The van der Waals surface area contributed by atoms with E-state index in [4.69, 9.17) is 16.0 Å². The SMILES string of the molecule is CC.Cc1ncoc1C1(Nc2ccc(-c3cc4c(cc3Cl)OC(F)(F)O4)cc2)CC1. The molecule has 0 bridgehead atoms. The Hall–Kier alpha value is -2.80. The molecule has 2 heterocycles. The predicted octanol–water partition coefficient (Wildman–Crippen LogP) is 6.75. The molecule has 1 aromatic heterocycles. The fourth-order valence-electron chi connectivity index (χ4n) is 3.50. The summed E-state index contributed by atoms with van der Waals surface area (Å²) in [4.78, 5) is 4.17. The van der Waals surface area contributed by atoms with Crippen molar-refractivity contribution in [1.82, 2.24) is 4.98 Å². The Balaban J connectivity index is 0.00000106. The summed E-state index contributed by atoms with van der Waals surface area (Å²) in [7, 11) is 0. The summed E-state index contributed by atoms with van der Waals surface area (Å²) in [5.41, 5.74) is 2.94. The van der Waals surface area contributed by atoms with Crippen LogP contribution in [0, 0.1) is 6.92 Å². The van der Waals surface area contributed by atoms with E-state index in [9.17, 15) is 8.78 Å². The number of alkyl halides is 2. The maximum Gasteiger partial charge on any atom is 0.586 e. The van der Waals surface area contributed by atoms with Gasteiger partial charge in [-0.1, -0.05) is 37.6 Å². The highest BCUT2D eigenvalue weighted by Gasteiger charge is 2.48. The predicted molar refractivity (Wildman–Crippen MR) is 110 cm³/mol. The van der Waals surface area contributed by atoms with E-state index in [1.807, 2.05) is 45.0 Å². The van der Waals surface area contributed by atoms with Crippen LogP contribution in [0.4, 0.5) is 14.5 Å². The van der Waals surface area contributed by atoms with Crippen molar-refractivity contribution in [2.75, 3.05) is 5.32 Å². The van der Waals surface area contributed by atoms with Gasteiger partial charge in [0.1, 0.15) is 0 Å². The molecular formula is C22H21ClF2N2O3. The lowest BCUT2D eigenvalue weighted by Gasteiger charge is -2.17. The van der Waals surface area contributed by atoms with Crippen LogP contribution in [0.15, 0.2) is 47.2 Å². The number of fused-ring (bicyclic) bond motifs is 1. The highest BCUT2D eigenvalue weighted by molar-refractivity contribution is 6.33. The van der Waals surface area contributed by atoms with E-state index in [1.54, 1.807) is 0 Å². The molecule has 0 amide bonds. The van der Waals surface area contributed by atoms with E-state index in [0.29, 0.717) is 10.6 Å². The number of aromatic nitrogens is 1. The van der Waals surface area contributed by atoms with Crippen LogP contribution in [0.1, 0.15) is 38.1 Å². The normalized spacial score (nSPS) is 17.1. The molecule has 1 N–H and O–H groups in total. The van der Waals surface area contributed by atoms with E-state index in [0.717, 1.165) is 35.5 Å². The number of hydrogen-bond donors (Lipinski definition) is 1. The van der Waals surface area contributed by atoms with Crippen LogP contribution < -0.4 is 14.8 Å². The summed E-state index contributed by atoms with van der Waals surface area (Å²) in [6, 6.07) is 10.4. The molecule has 30 heavy (non-hydrogen) atoms. The quantitative estimate of drug-likeness (QED) is 0.492. The second-order valence-electron chi connectivity index (χ2n) is 7.00. The lowest BCUT2D eigenvalue weighted by atomic mass is 10.0. The third-order valence-corrected chi connectivity index (χ3v) is 5.31. The van der Waals surface area contributed by atoms with Crippen molar-refractivity contribution in [3.05, 3.63) is 59.3 Å². The Morgan fingerprint density at radius 1 is 1.03 bits per heavy atom. The zero-order valence-corrected chi connectivity index (χ0v) is 17.5. The molecule has 1 saturated carbocycles. The van der Waals surface area contributed by atoms with Crippen LogP contribution in [0.3, 0.4) is 0 Å². The molecule has 1 aliphatic carbocycles. The minimum atomic E-state index is -3.67. The Morgan fingerprint density at radius 3 is 2.23 bits per heavy atom. The number of nitrogens with zero attached hydrogens (tertiary/aromatic N) is 1. The zero-order chi connectivity index (χ0) is 21.5. The van der Waals surface area contributed by atoms with Crippen molar-refractivity contribution in [3.63, 3.8) is 0 Å². The van der Waals surface area contributed by atoms with Crippen molar-refractivity contribution in [3.8, 4) is 22.6 Å². The van der Waals surface area contributed by atoms with Gasteiger partial charge in [0.05, 0.1) is 16.3 Å². The Labute approximate surface area is 178 Å². The molecule has 2 aromatic carbocycles. The molecule has 0 unspecified atom stereocenters. The van der Waals surface area contributed by atoms with E-state index in [2.05, 4.69) is 19.8 Å². The monoisotopic (exact) mass is 434 g/mol. The Morgan fingerprint density at radius 2 is 1.67 bits per heavy atom. The van der Waals surface area contributed by atoms with Gasteiger partial charge >= 0.3 is 6.29 Å². The number of hydrogen-bond acceptors (Lipinski definition) is 5. The summed E-state index contributed by atoms with van der Waals surface area (Å²) in [5.74, 6) is 0.746. The Kier molecular flexibility index (Phi) is 5.10. The number of rotatable bonds is 4. The average molecular weight is 435 g/mol. The standard InChI is InChI=1S/C20H15ClF2N2O3.C2H6/c1-11-18(26-10-24-11)19(6-7-19)25-13-4-2-12(3-5-13)14-8-16-17(9-15(14)21)28-20(22,23)27-16;1-2/h2-5,8-10,25H,6-7H2,1H3;1-2H3. The van der Waals surface area contributed by atoms with Gasteiger partial charge in [0.2, 0.25) is 0 Å². The first-order valence-corrected chi connectivity index (χ1v) is 10.1. The maximum absolute atomic E-state index is 13.3. The van der Waals surface area contributed by atoms with Crippen LogP contribution in [0.2, 0.25) is 5.02 Å². The van der Waals surface area contributed by atoms with Gasteiger partial charge < -0.3 is 19.2 Å². The van der Waals surface area contributed by atoms with Crippen molar-refractivity contribution in [2.24, 2.45) is 0 Å². The van der Waals surface area contributed by atoms with Crippen LogP contribution in [-0.4, -0.2) is 11.3 Å². The van der Waals surface area contributed by atoms with Gasteiger partial charge in [-0.3, -0.25) is 0 Å². The molecule has 0 atom stereocenters. The van der Waals surface area contributed by atoms with Gasteiger partial charge in [0, 0.05) is 17.3 Å². The largest absolute Gasteiger partial charge is 0.586 e. The van der Waals surface area contributed by atoms with Crippen LogP contribution in [-0.2, 0) is 5.54 Å². The average Bonchev–Trinajstić information content (AvgIpc) is 3.23. The van der Waals surface area contributed by atoms with Gasteiger partial charge in [0.15, 0.2) is 23.7 Å². The number of anilines is 1. The number of benzene rings is 2. The number of nitrogens with one attached hydrogen (secondary N) is 1. The second kappa shape index (κ2) is 7.47. The van der Waals surface area contributed by atoms with Crippen molar-refractivity contribution >= 4 is 17.3 Å². The Bertz CT molecular complexity index is 1060. The minimum Gasteiger partial charge on any atom is -0.446 e. The summed E-state index contributed by atoms with van der Waals surface area (Å²) in [5, 5.41) is 3.81. The minimum absolute atomic E-state index is 0.0377. The number of oxazole rings is 1. The first-order valence-electron chi connectivity index (χ1n) is 9.74. The van der Waals surface area contributed by atoms with E-state index < -0.39 is 6.29 Å². The highest BCUT2D eigenvalue weighted by Crippen LogP contribution is 2.50. The third-order valence-electron chi connectivity index (χ3n) is 5.00. The van der Waals surface area contributed by atoms with E-state index >= 15 is 0 Å². The summed E-state index contributed by atoms with van der Waals surface area (Å²) in [6.07, 6.45) is -0.282. The van der Waals surface area contributed by atoms with Crippen molar-refractivity contribution < 1.29 is 22.7 Å². The fraction of sp³-hybridized carbons (Fsp3) is 0.318. The number of ether oxygens (including phenoxy) is 2. The molecule has 5 nitrogen and oxygen atoms in total. The molecule has 2 aliphatic rings. The fourth-order valence-corrected chi connectivity index (χ4v) is 3.76. The lowest BCUT2D eigenvalue weighted by Crippen LogP contribution is -2.25. The molecule has 1 fully saturated rings. The van der Waals surface area contributed by atoms with Gasteiger partial charge in [-0.25, -0.2) is 4.98 Å². The molecule has 5 rings (SSSR count). The topological polar surface area (TPSA) is 56.5 Å². The molecule has 8 heteroatoms. The van der Waals surface area contributed by atoms with E-state index in [1.165, 1.54) is 18.5 Å². The van der Waals surface area contributed by atoms with Gasteiger partial charge in [-0.15, -0.1) is 8.78 Å². The molecule has 0 spiro atoms. The maximum atomic E-state index is 13.3. The van der Waals surface area contributed by atoms with Gasteiger partial charge in [-0.05, 0) is 43.5 Å². The first-order chi connectivity index (χ1) is 14.4. The molecule has 1 aliphatic heterocycles. The number of aryl methyl sites for hydroxylation is 1. The van der Waals surface area contributed by atoms with Crippen molar-refractivity contribution in [2.45, 2.75) is 45.4 Å². The third kappa shape index (κ3) is 3.69. The van der Waals surface area contributed by atoms with Crippen LogP contribution >= 0.6 is 11.6 Å².